The Kier molecular flexibility index (Phi) is 5.20. The van der Waals surface area contributed by atoms with Gasteiger partial charge in [-0.2, -0.15) is 0 Å². The molecule has 1 aromatic heterocycles. The third-order valence-electron chi connectivity index (χ3n) is 3.51. The first-order valence-corrected chi connectivity index (χ1v) is 7.33. The van der Waals surface area contributed by atoms with Gasteiger partial charge in [0.25, 0.3) is 5.91 Å². The molecule has 0 aliphatic carbocycles. The molecule has 1 fully saturated rings. The molecule has 0 bridgehead atoms. The standard InChI is InChI=1S/C14H20ClN3O2/c1-2-16-13-6-11(12(15)7-17-13)14(20)18-5-3-4-10(8-18)9-19/h6-7,10,19H,2-5,8-9H2,1H3,(H,16,17). The summed E-state index contributed by atoms with van der Waals surface area (Å²) in [5, 5.41) is 12.7. The zero-order valence-electron chi connectivity index (χ0n) is 11.6. The molecule has 5 nitrogen and oxygen atoms in total. The Labute approximate surface area is 123 Å². The number of nitrogens with one attached hydrogen (secondary N) is 1. The first-order valence-electron chi connectivity index (χ1n) is 6.95. The number of aromatic nitrogens is 1. The number of amides is 1. The third-order valence-corrected chi connectivity index (χ3v) is 3.81. The monoisotopic (exact) mass is 297 g/mol. The Hall–Kier alpha value is -1.33. The molecule has 2 heterocycles. The van der Waals surface area contributed by atoms with Gasteiger partial charge in [-0.05, 0) is 31.7 Å². The summed E-state index contributed by atoms with van der Waals surface area (Å²) in [5.74, 6) is 0.729. The summed E-state index contributed by atoms with van der Waals surface area (Å²) in [5.41, 5.74) is 0.469. The van der Waals surface area contributed by atoms with Gasteiger partial charge in [0, 0.05) is 32.4 Å². The number of carbonyl (C=O) groups is 1. The smallest absolute Gasteiger partial charge is 0.255 e. The van der Waals surface area contributed by atoms with Gasteiger partial charge in [0.1, 0.15) is 5.82 Å². The fourth-order valence-corrected chi connectivity index (χ4v) is 2.63. The lowest BCUT2D eigenvalue weighted by atomic mass is 9.98. The molecular weight excluding hydrogens is 278 g/mol. The van der Waals surface area contributed by atoms with E-state index in [-0.39, 0.29) is 18.4 Å². The maximum Gasteiger partial charge on any atom is 0.255 e. The van der Waals surface area contributed by atoms with Crippen molar-refractivity contribution in [1.29, 1.82) is 0 Å². The van der Waals surface area contributed by atoms with Gasteiger partial charge in [-0.3, -0.25) is 4.79 Å². The van der Waals surface area contributed by atoms with Crippen molar-refractivity contribution in [2.24, 2.45) is 5.92 Å². The number of anilines is 1. The van der Waals surface area contributed by atoms with Crippen molar-refractivity contribution in [3.8, 4) is 0 Å². The molecule has 110 valence electrons. The zero-order valence-corrected chi connectivity index (χ0v) is 12.4. The largest absolute Gasteiger partial charge is 0.396 e. The Morgan fingerprint density at radius 3 is 3.15 bits per heavy atom. The van der Waals surface area contributed by atoms with Crippen LogP contribution in [-0.4, -0.2) is 47.1 Å². The molecule has 0 radical (unpaired) electrons. The van der Waals surface area contributed by atoms with Gasteiger partial charge < -0.3 is 15.3 Å². The minimum Gasteiger partial charge on any atom is -0.396 e. The molecule has 1 unspecified atom stereocenters. The van der Waals surface area contributed by atoms with Gasteiger partial charge in [0.15, 0.2) is 0 Å². The molecular formula is C14H20ClN3O2. The summed E-state index contributed by atoms with van der Waals surface area (Å²) < 4.78 is 0. The molecule has 2 rings (SSSR count). The average Bonchev–Trinajstić information content (AvgIpc) is 2.49. The highest BCUT2D eigenvalue weighted by molar-refractivity contribution is 6.33. The Morgan fingerprint density at radius 1 is 1.65 bits per heavy atom. The molecule has 1 aliphatic rings. The van der Waals surface area contributed by atoms with Crippen molar-refractivity contribution >= 4 is 23.3 Å². The number of aliphatic hydroxyl groups excluding tert-OH is 1. The SMILES string of the molecule is CCNc1cc(C(=O)N2CCCC(CO)C2)c(Cl)cn1. The van der Waals surface area contributed by atoms with E-state index >= 15 is 0 Å². The van der Waals surface area contributed by atoms with E-state index in [4.69, 9.17) is 11.6 Å². The van der Waals surface area contributed by atoms with Crippen LogP contribution in [0.5, 0.6) is 0 Å². The van der Waals surface area contributed by atoms with Crippen LogP contribution in [-0.2, 0) is 0 Å². The predicted molar refractivity (Wildman–Crippen MR) is 79.1 cm³/mol. The number of hydrogen-bond donors (Lipinski definition) is 2. The van der Waals surface area contributed by atoms with Crippen LogP contribution in [0, 0.1) is 5.92 Å². The summed E-state index contributed by atoms with van der Waals surface area (Å²) in [6.07, 6.45) is 3.38. The van der Waals surface area contributed by atoms with E-state index in [0.717, 1.165) is 19.4 Å². The highest BCUT2D eigenvalue weighted by Crippen LogP contribution is 2.23. The maximum atomic E-state index is 12.5. The topological polar surface area (TPSA) is 65.5 Å². The normalized spacial score (nSPS) is 18.9. The van der Waals surface area contributed by atoms with Gasteiger partial charge in [-0.1, -0.05) is 11.6 Å². The molecule has 0 saturated carbocycles. The Morgan fingerprint density at radius 2 is 2.45 bits per heavy atom. The number of likely N-dealkylation sites (tertiary alicyclic amines) is 1. The van der Waals surface area contributed by atoms with Crippen molar-refractivity contribution in [1.82, 2.24) is 9.88 Å². The van der Waals surface area contributed by atoms with Crippen LogP contribution in [0.1, 0.15) is 30.1 Å². The van der Waals surface area contributed by atoms with E-state index in [2.05, 4.69) is 10.3 Å². The first-order chi connectivity index (χ1) is 9.65. The number of pyridine rings is 1. The van der Waals surface area contributed by atoms with Crippen molar-refractivity contribution in [2.45, 2.75) is 19.8 Å². The molecule has 1 aliphatic heterocycles. The number of aliphatic hydroxyl groups is 1. The Bertz CT molecular complexity index is 481. The number of hydrogen-bond acceptors (Lipinski definition) is 4. The molecule has 6 heteroatoms. The molecule has 20 heavy (non-hydrogen) atoms. The highest BCUT2D eigenvalue weighted by Gasteiger charge is 2.25. The van der Waals surface area contributed by atoms with E-state index in [0.29, 0.717) is 29.5 Å². The Balaban J connectivity index is 2.17. The van der Waals surface area contributed by atoms with Crippen molar-refractivity contribution in [3.05, 3.63) is 22.8 Å². The van der Waals surface area contributed by atoms with Gasteiger partial charge >= 0.3 is 0 Å². The minimum atomic E-state index is -0.0882. The molecule has 0 spiro atoms. The molecule has 0 aromatic carbocycles. The van der Waals surface area contributed by atoms with Gasteiger partial charge in [0.2, 0.25) is 0 Å². The fraction of sp³-hybridized carbons (Fsp3) is 0.571. The van der Waals surface area contributed by atoms with E-state index in [1.807, 2.05) is 6.92 Å². The number of carbonyl (C=O) groups excluding carboxylic acids is 1. The molecule has 2 N–H and O–H groups in total. The van der Waals surface area contributed by atoms with Crippen molar-refractivity contribution < 1.29 is 9.90 Å². The third kappa shape index (κ3) is 3.41. The summed E-state index contributed by atoms with van der Waals surface area (Å²) in [7, 11) is 0. The van der Waals surface area contributed by atoms with Crippen LogP contribution < -0.4 is 5.32 Å². The van der Waals surface area contributed by atoms with Crippen molar-refractivity contribution in [3.63, 3.8) is 0 Å². The van der Waals surface area contributed by atoms with E-state index in [1.165, 1.54) is 6.20 Å². The second kappa shape index (κ2) is 6.90. The summed E-state index contributed by atoms with van der Waals surface area (Å²) >= 11 is 6.09. The molecule has 1 amide bonds. The summed E-state index contributed by atoms with van der Waals surface area (Å²) in [4.78, 5) is 18.4. The quantitative estimate of drug-likeness (QED) is 0.892. The lowest BCUT2D eigenvalue weighted by molar-refractivity contribution is 0.0621. The van der Waals surface area contributed by atoms with Crippen LogP contribution in [0.15, 0.2) is 12.3 Å². The number of piperidine rings is 1. The number of nitrogens with zero attached hydrogens (tertiary/aromatic N) is 2. The van der Waals surface area contributed by atoms with E-state index in [9.17, 15) is 9.90 Å². The van der Waals surface area contributed by atoms with Crippen LogP contribution in [0.2, 0.25) is 5.02 Å². The highest BCUT2D eigenvalue weighted by atomic mass is 35.5. The second-order valence-corrected chi connectivity index (χ2v) is 5.43. The average molecular weight is 298 g/mol. The van der Waals surface area contributed by atoms with Crippen LogP contribution in [0.4, 0.5) is 5.82 Å². The number of rotatable bonds is 4. The van der Waals surface area contributed by atoms with Gasteiger partial charge in [-0.15, -0.1) is 0 Å². The summed E-state index contributed by atoms with van der Waals surface area (Å²) in [6.45, 7) is 4.12. The van der Waals surface area contributed by atoms with E-state index < -0.39 is 0 Å². The summed E-state index contributed by atoms with van der Waals surface area (Å²) in [6, 6.07) is 1.69. The van der Waals surface area contributed by atoms with Crippen LogP contribution >= 0.6 is 11.6 Å². The lowest BCUT2D eigenvalue weighted by Gasteiger charge is -2.32. The van der Waals surface area contributed by atoms with Crippen LogP contribution in [0.3, 0.4) is 0 Å². The molecule has 1 saturated heterocycles. The van der Waals surface area contributed by atoms with Crippen LogP contribution in [0.25, 0.3) is 0 Å². The predicted octanol–water partition coefficient (Wildman–Crippen LogP) is 2.01. The second-order valence-electron chi connectivity index (χ2n) is 5.02. The molecule has 1 aromatic rings. The van der Waals surface area contributed by atoms with Gasteiger partial charge in [0.05, 0.1) is 10.6 Å². The minimum absolute atomic E-state index is 0.0882. The number of halogens is 1. The molecule has 1 atom stereocenters. The van der Waals surface area contributed by atoms with Gasteiger partial charge in [-0.25, -0.2) is 4.98 Å². The first kappa shape index (κ1) is 15.1. The van der Waals surface area contributed by atoms with E-state index in [1.54, 1.807) is 11.0 Å². The zero-order chi connectivity index (χ0) is 14.5. The maximum absolute atomic E-state index is 12.5. The lowest BCUT2D eigenvalue weighted by Crippen LogP contribution is -2.41. The fourth-order valence-electron chi connectivity index (χ4n) is 2.45. The van der Waals surface area contributed by atoms with Crippen molar-refractivity contribution in [2.75, 3.05) is 31.6 Å².